The zero-order valence-electron chi connectivity index (χ0n) is 15.5. The standard InChI is InChI=1S/C22H24N2O2/c1-4-26-22(25)21-15(2)18-12-8-9-13-19(18)24-20(21)14-23-16(3)17-10-6-5-7-11-17/h5-13,16,23H,4,14H2,1-3H3/t16-/m0/s1. The summed E-state index contributed by atoms with van der Waals surface area (Å²) >= 11 is 0. The van der Waals surface area contributed by atoms with Gasteiger partial charge in [0, 0.05) is 18.0 Å². The molecule has 0 radical (unpaired) electrons. The summed E-state index contributed by atoms with van der Waals surface area (Å²) in [4.78, 5) is 17.3. The minimum Gasteiger partial charge on any atom is -0.462 e. The summed E-state index contributed by atoms with van der Waals surface area (Å²) in [5.41, 5.74) is 4.30. The number of esters is 1. The summed E-state index contributed by atoms with van der Waals surface area (Å²) in [6.07, 6.45) is 0. The highest BCUT2D eigenvalue weighted by molar-refractivity contribution is 5.98. The number of rotatable bonds is 6. The third kappa shape index (κ3) is 3.75. The van der Waals surface area contributed by atoms with E-state index in [1.807, 2.05) is 56.3 Å². The van der Waals surface area contributed by atoms with Crippen LogP contribution < -0.4 is 5.32 Å². The summed E-state index contributed by atoms with van der Waals surface area (Å²) in [5, 5.41) is 4.46. The lowest BCUT2D eigenvalue weighted by atomic mass is 10.0. The van der Waals surface area contributed by atoms with E-state index in [2.05, 4.69) is 24.4 Å². The number of para-hydroxylation sites is 1. The zero-order chi connectivity index (χ0) is 18.5. The minimum absolute atomic E-state index is 0.153. The van der Waals surface area contributed by atoms with Gasteiger partial charge in [0.25, 0.3) is 0 Å². The van der Waals surface area contributed by atoms with Crippen LogP contribution in [0.25, 0.3) is 10.9 Å². The second kappa shape index (κ2) is 8.11. The fourth-order valence-corrected chi connectivity index (χ4v) is 3.15. The van der Waals surface area contributed by atoms with Crippen LogP contribution in [0.3, 0.4) is 0 Å². The van der Waals surface area contributed by atoms with Gasteiger partial charge in [-0.15, -0.1) is 0 Å². The molecule has 1 N–H and O–H groups in total. The van der Waals surface area contributed by atoms with Crippen LogP contribution >= 0.6 is 0 Å². The van der Waals surface area contributed by atoms with E-state index in [1.165, 1.54) is 5.56 Å². The van der Waals surface area contributed by atoms with E-state index >= 15 is 0 Å². The van der Waals surface area contributed by atoms with Crippen molar-refractivity contribution in [2.45, 2.75) is 33.4 Å². The molecule has 0 fully saturated rings. The second-order valence-electron chi connectivity index (χ2n) is 6.31. The molecule has 1 aromatic heterocycles. The lowest BCUT2D eigenvalue weighted by Gasteiger charge is -2.17. The monoisotopic (exact) mass is 348 g/mol. The average Bonchev–Trinajstić information content (AvgIpc) is 2.67. The summed E-state index contributed by atoms with van der Waals surface area (Å²) < 4.78 is 5.28. The van der Waals surface area contributed by atoms with Gasteiger partial charge < -0.3 is 10.1 Å². The number of nitrogens with zero attached hydrogens (tertiary/aromatic N) is 1. The highest BCUT2D eigenvalue weighted by Gasteiger charge is 2.20. The smallest absolute Gasteiger partial charge is 0.340 e. The number of pyridine rings is 1. The number of carbonyl (C=O) groups is 1. The van der Waals surface area contributed by atoms with Crippen LogP contribution in [0.5, 0.6) is 0 Å². The van der Waals surface area contributed by atoms with E-state index in [4.69, 9.17) is 9.72 Å². The van der Waals surface area contributed by atoms with E-state index in [0.717, 1.165) is 22.2 Å². The fraction of sp³-hybridized carbons (Fsp3) is 0.273. The number of aryl methyl sites for hydroxylation is 1. The molecule has 0 aliphatic carbocycles. The molecule has 3 rings (SSSR count). The molecule has 26 heavy (non-hydrogen) atoms. The third-order valence-corrected chi connectivity index (χ3v) is 4.58. The molecule has 0 aliphatic heterocycles. The Labute approximate surface area is 154 Å². The third-order valence-electron chi connectivity index (χ3n) is 4.58. The lowest BCUT2D eigenvalue weighted by molar-refractivity contribution is 0.0523. The van der Waals surface area contributed by atoms with Gasteiger partial charge in [-0.3, -0.25) is 4.98 Å². The molecule has 1 atom stereocenters. The topological polar surface area (TPSA) is 51.2 Å². The van der Waals surface area contributed by atoms with Crippen molar-refractivity contribution >= 4 is 16.9 Å². The molecule has 134 valence electrons. The van der Waals surface area contributed by atoms with Gasteiger partial charge in [0.1, 0.15) is 0 Å². The number of hydrogen-bond acceptors (Lipinski definition) is 4. The predicted molar refractivity (Wildman–Crippen MR) is 104 cm³/mol. The van der Waals surface area contributed by atoms with Crippen LogP contribution in [-0.4, -0.2) is 17.6 Å². The van der Waals surface area contributed by atoms with E-state index in [-0.39, 0.29) is 12.0 Å². The number of ether oxygens (including phenoxy) is 1. The molecule has 0 saturated heterocycles. The van der Waals surface area contributed by atoms with Crippen molar-refractivity contribution in [3.8, 4) is 0 Å². The van der Waals surface area contributed by atoms with Crippen molar-refractivity contribution in [1.82, 2.24) is 10.3 Å². The maximum Gasteiger partial charge on any atom is 0.340 e. The zero-order valence-corrected chi connectivity index (χ0v) is 15.5. The normalized spacial score (nSPS) is 12.1. The summed E-state index contributed by atoms with van der Waals surface area (Å²) in [7, 11) is 0. The van der Waals surface area contributed by atoms with Crippen molar-refractivity contribution in [3.63, 3.8) is 0 Å². The highest BCUT2D eigenvalue weighted by atomic mass is 16.5. The van der Waals surface area contributed by atoms with Gasteiger partial charge in [-0.05, 0) is 38.0 Å². The van der Waals surface area contributed by atoms with Crippen LogP contribution in [-0.2, 0) is 11.3 Å². The van der Waals surface area contributed by atoms with Gasteiger partial charge in [0.15, 0.2) is 0 Å². The van der Waals surface area contributed by atoms with Crippen LogP contribution in [0.4, 0.5) is 0 Å². The molecule has 0 spiro atoms. The fourth-order valence-electron chi connectivity index (χ4n) is 3.15. The number of benzene rings is 2. The Morgan fingerprint density at radius 2 is 1.81 bits per heavy atom. The molecular formula is C22H24N2O2. The molecule has 4 nitrogen and oxygen atoms in total. The van der Waals surface area contributed by atoms with Crippen molar-refractivity contribution in [1.29, 1.82) is 0 Å². The van der Waals surface area contributed by atoms with Crippen molar-refractivity contribution in [3.05, 3.63) is 77.0 Å². The van der Waals surface area contributed by atoms with Crippen LogP contribution in [0.1, 0.15) is 47.1 Å². The summed E-state index contributed by atoms with van der Waals surface area (Å²) in [5.74, 6) is -0.313. The Kier molecular flexibility index (Phi) is 5.64. The van der Waals surface area contributed by atoms with Crippen LogP contribution in [0.2, 0.25) is 0 Å². The first-order chi connectivity index (χ1) is 12.6. The number of nitrogens with one attached hydrogen (secondary N) is 1. The lowest BCUT2D eigenvalue weighted by Crippen LogP contribution is -2.22. The van der Waals surface area contributed by atoms with Crippen LogP contribution in [0, 0.1) is 6.92 Å². The quantitative estimate of drug-likeness (QED) is 0.663. The first kappa shape index (κ1) is 18.1. The number of fused-ring (bicyclic) bond motifs is 1. The largest absolute Gasteiger partial charge is 0.462 e. The van der Waals surface area contributed by atoms with E-state index in [1.54, 1.807) is 0 Å². The molecule has 4 heteroatoms. The summed E-state index contributed by atoms with van der Waals surface area (Å²) in [6, 6.07) is 18.3. The molecule has 1 heterocycles. The number of aromatic nitrogens is 1. The molecular weight excluding hydrogens is 324 g/mol. The molecule has 2 aromatic carbocycles. The molecule has 3 aromatic rings. The van der Waals surface area contributed by atoms with E-state index in [9.17, 15) is 4.79 Å². The first-order valence-electron chi connectivity index (χ1n) is 8.95. The number of hydrogen-bond donors (Lipinski definition) is 1. The Morgan fingerprint density at radius 3 is 2.54 bits per heavy atom. The highest BCUT2D eigenvalue weighted by Crippen LogP contribution is 2.24. The average molecular weight is 348 g/mol. The Bertz CT molecular complexity index is 907. The SMILES string of the molecule is CCOC(=O)c1c(CN[C@@H](C)c2ccccc2)nc2ccccc2c1C. The van der Waals surface area contributed by atoms with Crippen molar-refractivity contribution in [2.24, 2.45) is 0 Å². The molecule has 0 bridgehead atoms. The summed E-state index contributed by atoms with van der Waals surface area (Å²) in [6.45, 7) is 6.72. The maximum atomic E-state index is 12.6. The van der Waals surface area contributed by atoms with Gasteiger partial charge in [-0.1, -0.05) is 48.5 Å². The van der Waals surface area contributed by atoms with Gasteiger partial charge in [-0.25, -0.2) is 4.79 Å². The molecule has 0 aliphatic rings. The van der Waals surface area contributed by atoms with Gasteiger partial charge in [0.2, 0.25) is 0 Å². The number of carbonyl (C=O) groups excluding carboxylic acids is 1. The second-order valence-corrected chi connectivity index (χ2v) is 6.31. The first-order valence-corrected chi connectivity index (χ1v) is 8.95. The van der Waals surface area contributed by atoms with Gasteiger partial charge >= 0.3 is 5.97 Å². The maximum absolute atomic E-state index is 12.6. The van der Waals surface area contributed by atoms with E-state index in [0.29, 0.717) is 18.7 Å². The Balaban J connectivity index is 1.95. The van der Waals surface area contributed by atoms with Gasteiger partial charge in [-0.2, -0.15) is 0 Å². The molecule has 0 saturated carbocycles. The molecule has 0 unspecified atom stereocenters. The van der Waals surface area contributed by atoms with Crippen molar-refractivity contribution < 1.29 is 9.53 Å². The van der Waals surface area contributed by atoms with Crippen molar-refractivity contribution in [2.75, 3.05) is 6.61 Å². The predicted octanol–water partition coefficient (Wildman–Crippen LogP) is 4.57. The van der Waals surface area contributed by atoms with Gasteiger partial charge in [0.05, 0.1) is 23.4 Å². The minimum atomic E-state index is -0.313. The molecule has 0 amide bonds. The van der Waals surface area contributed by atoms with E-state index < -0.39 is 0 Å². The Hall–Kier alpha value is -2.72. The van der Waals surface area contributed by atoms with Crippen LogP contribution in [0.15, 0.2) is 54.6 Å². The Morgan fingerprint density at radius 1 is 1.12 bits per heavy atom.